The Bertz CT molecular complexity index is 1430. The van der Waals surface area contributed by atoms with Crippen LogP contribution in [0.2, 0.25) is 0 Å². The first-order valence-corrected chi connectivity index (χ1v) is 11.8. The zero-order chi connectivity index (χ0) is 25.2. The van der Waals surface area contributed by atoms with Gasteiger partial charge in [-0.1, -0.05) is 6.07 Å². The molecule has 1 aliphatic heterocycles. The lowest BCUT2D eigenvalue weighted by molar-refractivity contribution is -0.117. The molecule has 0 aliphatic carbocycles. The molecule has 0 saturated carbocycles. The predicted molar refractivity (Wildman–Crippen MR) is 134 cm³/mol. The summed E-state index contributed by atoms with van der Waals surface area (Å²) in [6.07, 6.45) is 3.92. The van der Waals surface area contributed by atoms with Gasteiger partial charge in [-0.05, 0) is 63.5 Å². The number of amides is 2. The molecule has 4 heterocycles. The Labute approximate surface area is 208 Å². The highest BCUT2D eigenvalue weighted by Crippen LogP contribution is 2.26. The number of anilines is 2. The molecule has 186 valence electrons. The number of aryl methyl sites for hydroxylation is 3. The van der Waals surface area contributed by atoms with Crippen LogP contribution in [-0.2, 0) is 11.8 Å². The van der Waals surface area contributed by atoms with E-state index in [2.05, 4.69) is 30.7 Å². The van der Waals surface area contributed by atoms with E-state index >= 15 is 0 Å². The third-order valence-electron chi connectivity index (χ3n) is 6.04. The Morgan fingerprint density at radius 1 is 1.03 bits per heavy atom. The van der Waals surface area contributed by atoms with Gasteiger partial charge in [-0.25, -0.2) is 9.50 Å². The van der Waals surface area contributed by atoms with E-state index in [1.165, 1.54) is 0 Å². The van der Waals surface area contributed by atoms with Crippen LogP contribution in [0, 0.1) is 13.8 Å². The van der Waals surface area contributed by atoms with E-state index in [9.17, 15) is 9.59 Å². The number of fused-ring (bicyclic) bond motifs is 1. The normalized spacial score (nSPS) is 13.8. The molecule has 36 heavy (non-hydrogen) atoms. The SMILES string of the molecule is Cc1cc(C(=O)Nc2cc(Oc3ccc4nc(NC(=O)CN5CCCC5)cn4n3)ccc2C)n(C)n1. The molecule has 1 saturated heterocycles. The standard InChI is InChI=1S/C25H28N8O3/c1-16-6-7-18(13-19(16)26-25(35)20-12-17(2)29-31(20)3)36-24-9-8-22-27-21(14-33(22)30-24)28-23(34)15-32-10-4-5-11-32/h6-9,12-14H,4-5,10-11,15H2,1-3H3,(H,26,35)(H,28,34). The predicted octanol–water partition coefficient (Wildman–Crippen LogP) is 3.16. The zero-order valence-corrected chi connectivity index (χ0v) is 20.5. The summed E-state index contributed by atoms with van der Waals surface area (Å²) in [6, 6.07) is 10.6. The summed E-state index contributed by atoms with van der Waals surface area (Å²) in [5.41, 5.74) is 3.34. The summed E-state index contributed by atoms with van der Waals surface area (Å²) in [5.74, 6) is 0.957. The highest BCUT2D eigenvalue weighted by Gasteiger charge is 2.17. The number of likely N-dealkylation sites (tertiary alicyclic amines) is 1. The van der Waals surface area contributed by atoms with Crippen molar-refractivity contribution in [3.05, 3.63) is 59.5 Å². The van der Waals surface area contributed by atoms with E-state index < -0.39 is 0 Å². The van der Waals surface area contributed by atoms with E-state index in [1.807, 2.05) is 26.0 Å². The van der Waals surface area contributed by atoms with Crippen molar-refractivity contribution < 1.29 is 14.3 Å². The average molecular weight is 489 g/mol. The van der Waals surface area contributed by atoms with Crippen LogP contribution in [0.4, 0.5) is 11.5 Å². The van der Waals surface area contributed by atoms with Gasteiger partial charge in [-0.15, -0.1) is 5.10 Å². The second-order valence-corrected chi connectivity index (χ2v) is 8.96. The summed E-state index contributed by atoms with van der Waals surface area (Å²) in [4.78, 5) is 31.6. The lowest BCUT2D eigenvalue weighted by Crippen LogP contribution is -2.30. The number of hydrogen-bond donors (Lipinski definition) is 2. The van der Waals surface area contributed by atoms with Crippen LogP contribution < -0.4 is 15.4 Å². The Morgan fingerprint density at radius 2 is 1.83 bits per heavy atom. The fourth-order valence-electron chi connectivity index (χ4n) is 4.23. The molecule has 0 unspecified atom stereocenters. The van der Waals surface area contributed by atoms with Gasteiger partial charge in [-0.2, -0.15) is 5.10 Å². The zero-order valence-electron chi connectivity index (χ0n) is 20.5. The summed E-state index contributed by atoms with van der Waals surface area (Å²) in [7, 11) is 1.73. The van der Waals surface area contributed by atoms with Crippen LogP contribution in [0.5, 0.6) is 11.6 Å². The second kappa shape index (κ2) is 9.78. The smallest absolute Gasteiger partial charge is 0.273 e. The first kappa shape index (κ1) is 23.5. The first-order chi connectivity index (χ1) is 17.3. The molecule has 5 rings (SSSR count). The third-order valence-corrected chi connectivity index (χ3v) is 6.04. The number of carbonyl (C=O) groups excluding carboxylic acids is 2. The lowest BCUT2D eigenvalue weighted by atomic mass is 10.2. The second-order valence-electron chi connectivity index (χ2n) is 8.96. The van der Waals surface area contributed by atoms with Crippen molar-refractivity contribution in [1.82, 2.24) is 29.3 Å². The van der Waals surface area contributed by atoms with Gasteiger partial charge in [0.2, 0.25) is 11.8 Å². The molecule has 0 spiro atoms. The summed E-state index contributed by atoms with van der Waals surface area (Å²) >= 11 is 0. The van der Waals surface area contributed by atoms with Crippen molar-refractivity contribution >= 4 is 29.0 Å². The first-order valence-electron chi connectivity index (χ1n) is 11.8. The largest absolute Gasteiger partial charge is 0.438 e. The molecule has 2 N–H and O–H groups in total. The molecule has 1 aromatic carbocycles. The molecule has 1 fully saturated rings. The van der Waals surface area contributed by atoms with Crippen molar-refractivity contribution in [2.24, 2.45) is 7.05 Å². The minimum absolute atomic E-state index is 0.0905. The maximum Gasteiger partial charge on any atom is 0.273 e. The van der Waals surface area contributed by atoms with Crippen LogP contribution in [0.15, 0.2) is 42.6 Å². The quantitative estimate of drug-likeness (QED) is 0.410. The van der Waals surface area contributed by atoms with Gasteiger partial charge >= 0.3 is 0 Å². The van der Waals surface area contributed by atoms with Gasteiger partial charge in [0.05, 0.1) is 18.4 Å². The number of nitrogens with zero attached hydrogens (tertiary/aromatic N) is 6. The molecule has 11 heteroatoms. The number of nitrogens with one attached hydrogen (secondary N) is 2. The van der Waals surface area contributed by atoms with Crippen molar-refractivity contribution in [2.45, 2.75) is 26.7 Å². The Morgan fingerprint density at radius 3 is 2.58 bits per heavy atom. The van der Waals surface area contributed by atoms with Gasteiger partial charge < -0.3 is 15.4 Å². The monoisotopic (exact) mass is 488 g/mol. The van der Waals surface area contributed by atoms with Crippen LogP contribution in [0.25, 0.3) is 5.65 Å². The molecular formula is C25H28N8O3. The van der Waals surface area contributed by atoms with E-state index in [-0.39, 0.29) is 11.8 Å². The number of rotatable bonds is 7. The molecule has 3 aromatic heterocycles. The minimum atomic E-state index is -0.254. The van der Waals surface area contributed by atoms with Crippen molar-refractivity contribution in [3.63, 3.8) is 0 Å². The highest BCUT2D eigenvalue weighted by atomic mass is 16.5. The Hall–Kier alpha value is -4.25. The lowest BCUT2D eigenvalue weighted by Gasteiger charge is -2.12. The van der Waals surface area contributed by atoms with Crippen LogP contribution in [0.3, 0.4) is 0 Å². The van der Waals surface area contributed by atoms with Gasteiger partial charge in [0.15, 0.2) is 11.5 Å². The minimum Gasteiger partial charge on any atom is -0.438 e. The van der Waals surface area contributed by atoms with E-state index in [0.29, 0.717) is 41.0 Å². The maximum absolute atomic E-state index is 12.7. The third kappa shape index (κ3) is 5.20. The maximum atomic E-state index is 12.7. The van der Waals surface area contributed by atoms with Crippen LogP contribution in [-0.4, -0.2) is 60.7 Å². The van der Waals surface area contributed by atoms with Gasteiger partial charge in [0, 0.05) is 24.9 Å². The van der Waals surface area contributed by atoms with E-state index in [4.69, 9.17) is 4.74 Å². The van der Waals surface area contributed by atoms with Crippen molar-refractivity contribution in [2.75, 3.05) is 30.3 Å². The number of benzene rings is 1. The van der Waals surface area contributed by atoms with Gasteiger partial charge in [0.25, 0.3) is 5.91 Å². The number of hydrogen-bond acceptors (Lipinski definition) is 7. The topological polar surface area (TPSA) is 119 Å². The Kier molecular flexibility index (Phi) is 6.38. The van der Waals surface area contributed by atoms with E-state index in [0.717, 1.165) is 37.2 Å². The Balaban J connectivity index is 1.27. The molecule has 4 aromatic rings. The van der Waals surface area contributed by atoms with Crippen LogP contribution in [0.1, 0.15) is 34.6 Å². The van der Waals surface area contributed by atoms with Gasteiger partial charge in [0.1, 0.15) is 11.4 Å². The number of aromatic nitrogens is 5. The molecule has 0 bridgehead atoms. The fourth-order valence-corrected chi connectivity index (χ4v) is 4.23. The van der Waals surface area contributed by atoms with Crippen molar-refractivity contribution in [3.8, 4) is 11.6 Å². The molecule has 0 atom stereocenters. The number of imidazole rings is 1. The van der Waals surface area contributed by atoms with Crippen molar-refractivity contribution in [1.29, 1.82) is 0 Å². The highest BCUT2D eigenvalue weighted by molar-refractivity contribution is 6.03. The molecule has 0 radical (unpaired) electrons. The molecule has 1 aliphatic rings. The van der Waals surface area contributed by atoms with E-state index in [1.54, 1.807) is 46.7 Å². The number of ether oxygens (including phenoxy) is 1. The molecular weight excluding hydrogens is 460 g/mol. The molecule has 2 amide bonds. The summed E-state index contributed by atoms with van der Waals surface area (Å²) in [5, 5.41) is 14.4. The van der Waals surface area contributed by atoms with Gasteiger partial charge in [-0.3, -0.25) is 19.2 Å². The summed E-state index contributed by atoms with van der Waals surface area (Å²) < 4.78 is 9.06. The number of carbonyl (C=O) groups is 2. The summed E-state index contributed by atoms with van der Waals surface area (Å²) in [6.45, 7) is 6.01. The average Bonchev–Trinajstić information content (AvgIpc) is 3.55. The molecule has 11 nitrogen and oxygen atoms in total. The van der Waals surface area contributed by atoms with Crippen LogP contribution >= 0.6 is 0 Å². The fraction of sp³-hybridized carbons (Fsp3) is 0.320.